The first-order valence-electron chi connectivity index (χ1n) is 5.13. The molecule has 2 N–H and O–H groups in total. The Kier molecular flexibility index (Phi) is 3.65. The lowest BCUT2D eigenvalue weighted by Crippen LogP contribution is -2.21. The number of benzene rings is 1. The van der Waals surface area contributed by atoms with Crippen LogP contribution in [0.4, 0.5) is 13.2 Å². The maximum atomic E-state index is 12.6. The molecular weight excluding hydrogens is 313 g/mol. The van der Waals surface area contributed by atoms with Crippen molar-refractivity contribution >= 4 is 26.8 Å². The molecule has 0 radical (unpaired) electrons. The Labute approximate surface area is 109 Å². The van der Waals surface area contributed by atoms with Gasteiger partial charge in [-0.2, -0.15) is 18.7 Å². The molecule has 0 saturated carbocycles. The number of hydroxylamine groups is 1. The van der Waals surface area contributed by atoms with Crippen molar-refractivity contribution in [3.8, 4) is 0 Å². The lowest BCUT2D eigenvalue weighted by molar-refractivity contribution is -0.140. The van der Waals surface area contributed by atoms with Crippen molar-refractivity contribution < 1.29 is 18.4 Å². The van der Waals surface area contributed by atoms with Gasteiger partial charge in [0.15, 0.2) is 0 Å². The van der Waals surface area contributed by atoms with Gasteiger partial charge in [-0.3, -0.25) is 0 Å². The van der Waals surface area contributed by atoms with Crippen LogP contribution in [-0.2, 0) is 13.1 Å². The van der Waals surface area contributed by atoms with Gasteiger partial charge in [0.05, 0.1) is 6.54 Å². The highest BCUT2D eigenvalue weighted by Crippen LogP contribution is 2.30. The van der Waals surface area contributed by atoms with Gasteiger partial charge in [0.25, 0.3) is 0 Å². The van der Waals surface area contributed by atoms with Crippen LogP contribution in [-0.4, -0.2) is 16.0 Å². The third kappa shape index (κ3) is 2.68. The lowest BCUT2D eigenvalue weighted by atomic mass is 10.2. The van der Waals surface area contributed by atoms with E-state index in [1.165, 1.54) is 0 Å². The SMILES string of the molecule is ONCc1cc2c(Br)cccc2n1CC(F)(F)F. The summed E-state index contributed by atoms with van der Waals surface area (Å²) in [5.41, 5.74) is 2.74. The maximum Gasteiger partial charge on any atom is 0.406 e. The number of nitrogens with zero attached hydrogens (tertiary/aromatic N) is 1. The van der Waals surface area contributed by atoms with Crippen LogP contribution in [0.5, 0.6) is 0 Å². The van der Waals surface area contributed by atoms with E-state index in [0.717, 1.165) is 9.04 Å². The number of halogens is 4. The van der Waals surface area contributed by atoms with E-state index in [0.29, 0.717) is 16.6 Å². The number of aromatic nitrogens is 1. The molecule has 0 fully saturated rings. The summed E-state index contributed by atoms with van der Waals surface area (Å²) >= 11 is 3.30. The monoisotopic (exact) mass is 322 g/mol. The van der Waals surface area contributed by atoms with E-state index in [4.69, 9.17) is 5.21 Å². The molecule has 0 amide bonds. The average Bonchev–Trinajstić information content (AvgIpc) is 2.58. The van der Waals surface area contributed by atoms with Crippen LogP contribution in [0.3, 0.4) is 0 Å². The molecule has 0 aliphatic rings. The fraction of sp³-hybridized carbons (Fsp3) is 0.273. The standard InChI is InChI=1S/C11H10BrF3N2O/c12-9-2-1-3-10-8(9)4-7(5-16-18)17(10)6-11(13,14)15/h1-4,16,18H,5-6H2. The normalized spacial score (nSPS) is 12.3. The van der Waals surface area contributed by atoms with Gasteiger partial charge in [-0.05, 0) is 18.2 Å². The van der Waals surface area contributed by atoms with Crippen LogP contribution >= 0.6 is 15.9 Å². The fourth-order valence-electron chi connectivity index (χ4n) is 1.90. The van der Waals surface area contributed by atoms with Crippen molar-refractivity contribution in [3.63, 3.8) is 0 Å². The van der Waals surface area contributed by atoms with Crippen molar-refractivity contribution in [1.29, 1.82) is 0 Å². The number of rotatable bonds is 3. The minimum atomic E-state index is -4.31. The van der Waals surface area contributed by atoms with Gasteiger partial charge in [0.2, 0.25) is 0 Å². The summed E-state index contributed by atoms with van der Waals surface area (Å²) in [4.78, 5) is 0. The second kappa shape index (κ2) is 4.91. The van der Waals surface area contributed by atoms with Crippen LogP contribution in [0.15, 0.2) is 28.7 Å². The van der Waals surface area contributed by atoms with E-state index in [2.05, 4.69) is 15.9 Å². The molecule has 1 aromatic heterocycles. The second-order valence-corrected chi connectivity index (χ2v) is 4.70. The molecule has 1 aromatic carbocycles. The highest BCUT2D eigenvalue weighted by atomic mass is 79.9. The average molecular weight is 323 g/mol. The number of fused-ring (bicyclic) bond motifs is 1. The summed E-state index contributed by atoms with van der Waals surface area (Å²) in [6.07, 6.45) is -4.31. The van der Waals surface area contributed by atoms with Crippen LogP contribution in [0, 0.1) is 0 Å². The van der Waals surface area contributed by atoms with Gasteiger partial charge in [-0.15, -0.1) is 0 Å². The first kappa shape index (κ1) is 13.4. The third-order valence-corrected chi connectivity index (χ3v) is 3.27. The first-order valence-corrected chi connectivity index (χ1v) is 5.92. The predicted molar refractivity (Wildman–Crippen MR) is 64.3 cm³/mol. The van der Waals surface area contributed by atoms with Gasteiger partial charge in [0, 0.05) is 21.1 Å². The zero-order chi connectivity index (χ0) is 13.3. The minimum absolute atomic E-state index is 0.0444. The molecule has 0 aliphatic carbocycles. The zero-order valence-electron chi connectivity index (χ0n) is 9.13. The second-order valence-electron chi connectivity index (χ2n) is 3.84. The molecule has 0 spiro atoms. The van der Waals surface area contributed by atoms with E-state index < -0.39 is 12.7 Å². The Morgan fingerprint density at radius 2 is 2.06 bits per heavy atom. The summed E-state index contributed by atoms with van der Waals surface area (Å²) in [6, 6.07) is 6.67. The molecule has 0 atom stereocenters. The smallest absolute Gasteiger partial charge is 0.334 e. The van der Waals surface area contributed by atoms with E-state index in [9.17, 15) is 13.2 Å². The Morgan fingerprint density at radius 3 is 2.67 bits per heavy atom. The highest BCUT2D eigenvalue weighted by Gasteiger charge is 2.29. The Hall–Kier alpha value is -1.05. The number of nitrogens with one attached hydrogen (secondary N) is 1. The van der Waals surface area contributed by atoms with Gasteiger partial charge in [-0.25, -0.2) is 0 Å². The molecule has 98 valence electrons. The molecule has 1 heterocycles. The van der Waals surface area contributed by atoms with E-state index in [-0.39, 0.29) is 6.54 Å². The largest absolute Gasteiger partial charge is 0.406 e. The molecule has 0 bridgehead atoms. The minimum Gasteiger partial charge on any atom is -0.334 e. The zero-order valence-corrected chi connectivity index (χ0v) is 10.7. The molecular formula is C11H10BrF3N2O. The Morgan fingerprint density at radius 1 is 1.33 bits per heavy atom. The summed E-state index contributed by atoms with van der Waals surface area (Å²) in [7, 11) is 0. The van der Waals surface area contributed by atoms with E-state index in [1.54, 1.807) is 24.3 Å². The lowest BCUT2D eigenvalue weighted by Gasteiger charge is -2.12. The molecule has 3 nitrogen and oxygen atoms in total. The molecule has 18 heavy (non-hydrogen) atoms. The predicted octanol–water partition coefficient (Wildman–Crippen LogP) is 3.44. The van der Waals surface area contributed by atoms with E-state index >= 15 is 0 Å². The highest BCUT2D eigenvalue weighted by molar-refractivity contribution is 9.10. The quantitative estimate of drug-likeness (QED) is 0.849. The molecule has 2 rings (SSSR count). The number of alkyl halides is 3. The topological polar surface area (TPSA) is 37.2 Å². The van der Waals surface area contributed by atoms with Crippen LogP contribution < -0.4 is 5.48 Å². The van der Waals surface area contributed by atoms with Crippen LogP contribution in [0.25, 0.3) is 10.9 Å². The Bertz CT molecular complexity index is 565. The van der Waals surface area contributed by atoms with Gasteiger partial charge in [0.1, 0.15) is 6.54 Å². The summed E-state index contributed by atoms with van der Waals surface area (Å²) in [5, 5.41) is 9.37. The first-order chi connectivity index (χ1) is 8.42. The molecule has 7 heteroatoms. The number of hydrogen-bond acceptors (Lipinski definition) is 2. The summed E-state index contributed by atoms with van der Waals surface area (Å²) in [5.74, 6) is 0. The van der Waals surface area contributed by atoms with Crippen molar-refractivity contribution in [2.75, 3.05) is 0 Å². The van der Waals surface area contributed by atoms with Crippen molar-refractivity contribution in [2.45, 2.75) is 19.3 Å². The van der Waals surface area contributed by atoms with Crippen molar-refractivity contribution in [3.05, 3.63) is 34.4 Å². The Balaban J connectivity index is 2.59. The third-order valence-electron chi connectivity index (χ3n) is 2.58. The molecule has 0 aliphatic heterocycles. The number of hydrogen-bond donors (Lipinski definition) is 2. The molecule has 0 unspecified atom stereocenters. The van der Waals surface area contributed by atoms with Crippen LogP contribution in [0.1, 0.15) is 5.69 Å². The van der Waals surface area contributed by atoms with Crippen molar-refractivity contribution in [1.82, 2.24) is 10.0 Å². The molecule has 0 saturated heterocycles. The van der Waals surface area contributed by atoms with Crippen LogP contribution in [0.2, 0.25) is 0 Å². The van der Waals surface area contributed by atoms with Gasteiger partial charge >= 0.3 is 6.18 Å². The maximum absolute atomic E-state index is 12.6. The van der Waals surface area contributed by atoms with Crippen molar-refractivity contribution in [2.24, 2.45) is 0 Å². The van der Waals surface area contributed by atoms with Gasteiger partial charge < -0.3 is 9.77 Å². The molecule has 2 aromatic rings. The summed E-state index contributed by atoms with van der Waals surface area (Å²) < 4.78 is 39.5. The van der Waals surface area contributed by atoms with Gasteiger partial charge in [-0.1, -0.05) is 22.0 Å². The van der Waals surface area contributed by atoms with E-state index in [1.807, 2.05) is 5.48 Å². The fourth-order valence-corrected chi connectivity index (χ4v) is 2.37. The summed E-state index contributed by atoms with van der Waals surface area (Å²) in [6.45, 7) is -1.12.